The first-order valence-electron chi connectivity index (χ1n) is 5.64. The number of rotatable bonds is 6. The molecule has 0 saturated carbocycles. The molecule has 0 aromatic heterocycles. The van der Waals surface area contributed by atoms with Gasteiger partial charge in [-0.25, -0.2) is 8.42 Å². The van der Waals surface area contributed by atoms with Gasteiger partial charge in [-0.3, -0.25) is 4.79 Å². The van der Waals surface area contributed by atoms with Crippen LogP contribution in [0.4, 0.5) is 0 Å². The van der Waals surface area contributed by atoms with Crippen molar-refractivity contribution in [2.75, 3.05) is 11.6 Å². The van der Waals surface area contributed by atoms with Crippen LogP contribution in [0.25, 0.3) is 0 Å². The zero-order chi connectivity index (χ0) is 13.9. The second-order valence-electron chi connectivity index (χ2n) is 4.86. The molecule has 0 rings (SSSR count). The van der Waals surface area contributed by atoms with Crippen LogP contribution >= 0.6 is 15.9 Å². The molecule has 1 amide bonds. The fourth-order valence-corrected chi connectivity index (χ4v) is 2.53. The molecule has 0 fully saturated rings. The zero-order valence-electron chi connectivity index (χ0n) is 11.1. The highest BCUT2D eigenvalue weighted by molar-refractivity contribution is 9.09. The third-order valence-corrected chi connectivity index (χ3v) is 6.57. The highest BCUT2D eigenvalue weighted by Crippen LogP contribution is 2.22. The fourth-order valence-electron chi connectivity index (χ4n) is 1.21. The molecule has 0 aliphatic carbocycles. The third kappa shape index (κ3) is 3.68. The lowest BCUT2D eigenvalue weighted by Gasteiger charge is -2.34. The van der Waals surface area contributed by atoms with Crippen molar-refractivity contribution < 1.29 is 13.2 Å². The van der Waals surface area contributed by atoms with Gasteiger partial charge in [-0.1, -0.05) is 29.8 Å². The van der Waals surface area contributed by atoms with Crippen molar-refractivity contribution in [1.82, 2.24) is 5.32 Å². The number of amides is 1. The van der Waals surface area contributed by atoms with Gasteiger partial charge in [-0.05, 0) is 26.7 Å². The molecule has 0 bridgehead atoms. The molecule has 0 atom stereocenters. The number of hydrogen-bond donors (Lipinski definition) is 1. The minimum absolute atomic E-state index is 0.376. The Morgan fingerprint density at radius 2 is 1.65 bits per heavy atom. The Labute approximate surface area is 113 Å². The molecule has 0 aromatic carbocycles. The monoisotopic (exact) mass is 327 g/mol. The minimum atomic E-state index is -3.43. The molecule has 0 aromatic rings. The van der Waals surface area contributed by atoms with E-state index in [9.17, 15) is 13.2 Å². The summed E-state index contributed by atoms with van der Waals surface area (Å²) in [6.07, 6.45) is 2.58. The van der Waals surface area contributed by atoms with Gasteiger partial charge in [-0.2, -0.15) is 0 Å². The Morgan fingerprint density at radius 1 is 1.24 bits per heavy atom. The summed E-state index contributed by atoms with van der Waals surface area (Å²) >= 11 is 3.37. The summed E-state index contributed by atoms with van der Waals surface area (Å²) in [5.41, 5.74) is -0.376. The molecule has 1 N–H and O–H groups in total. The van der Waals surface area contributed by atoms with E-state index in [-0.39, 0.29) is 5.54 Å². The summed E-state index contributed by atoms with van der Waals surface area (Å²) in [6, 6.07) is 0. The smallest absolute Gasteiger partial charge is 0.241 e. The van der Waals surface area contributed by atoms with Gasteiger partial charge in [0, 0.05) is 17.1 Å². The second-order valence-corrected chi connectivity index (χ2v) is 7.98. The molecule has 0 heterocycles. The molecule has 0 aliphatic heterocycles. The van der Waals surface area contributed by atoms with E-state index in [2.05, 4.69) is 21.2 Å². The molecular formula is C11H22BrNO3S. The highest BCUT2D eigenvalue weighted by Gasteiger charge is 2.41. The van der Waals surface area contributed by atoms with Crippen LogP contribution < -0.4 is 5.32 Å². The van der Waals surface area contributed by atoms with E-state index in [1.54, 1.807) is 0 Å². The van der Waals surface area contributed by atoms with Crippen molar-refractivity contribution in [3.8, 4) is 0 Å². The van der Waals surface area contributed by atoms with Crippen LogP contribution in [0.15, 0.2) is 0 Å². The zero-order valence-corrected chi connectivity index (χ0v) is 13.5. The molecule has 0 unspecified atom stereocenters. The number of carbonyl (C=O) groups is 1. The topological polar surface area (TPSA) is 63.2 Å². The Hall–Kier alpha value is -0.100. The van der Waals surface area contributed by atoms with E-state index in [0.29, 0.717) is 5.33 Å². The van der Waals surface area contributed by atoms with Crippen LogP contribution in [0.2, 0.25) is 0 Å². The van der Waals surface area contributed by atoms with Crippen LogP contribution in [-0.4, -0.2) is 36.2 Å². The molecule has 0 radical (unpaired) electrons. The number of sulfone groups is 1. The second kappa shape index (κ2) is 5.69. The van der Waals surface area contributed by atoms with E-state index < -0.39 is 20.5 Å². The van der Waals surface area contributed by atoms with Crippen molar-refractivity contribution in [3.05, 3.63) is 0 Å². The SMILES string of the molecule is CCC(CC)(CBr)NC(=O)C(C)(C)S(C)(=O)=O. The van der Waals surface area contributed by atoms with Gasteiger partial charge >= 0.3 is 0 Å². The summed E-state index contributed by atoms with van der Waals surface area (Å²) in [4.78, 5) is 12.1. The largest absolute Gasteiger partial charge is 0.348 e. The molecular weight excluding hydrogens is 306 g/mol. The normalized spacial score (nSPS) is 13.5. The molecule has 0 saturated heterocycles. The lowest BCUT2D eigenvalue weighted by Crippen LogP contribution is -2.57. The van der Waals surface area contributed by atoms with Crippen LogP contribution in [0.3, 0.4) is 0 Å². The lowest BCUT2D eigenvalue weighted by molar-refractivity contribution is -0.124. The molecule has 0 spiro atoms. The number of hydrogen-bond acceptors (Lipinski definition) is 3. The Morgan fingerprint density at radius 3 is 1.88 bits per heavy atom. The van der Waals surface area contributed by atoms with Crippen LogP contribution in [-0.2, 0) is 14.6 Å². The predicted octanol–water partition coefficient (Wildman–Crippen LogP) is 1.88. The van der Waals surface area contributed by atoms with Gasteiger partial charge in [0.1, 0.15) is 4.75 Å². The van der Waals surface area contributed by atoms with Crippen LogP contribution in [0.1, 0.15) is 40.5 Å². The quantitative estimate of drug-likeness (QED) is 0.757. The van der Waals surface area contributed by atoms with Crippen molar-refractivity contribution in [1.29, 1.82) is 0 Å². The van der Waals surface area contributed by atoms with Gasteiger partial charge in [0.25, 0.3) is 0 Å². The Kier molecular flexibility index (Phi) is 5.66. The molecule has 6 heteroatoms. The summed E-state index contributed by atoms with van der Waals surface area (Å²) < 4.78 is 21.7. The first kappa shape index (κ1) is 16.9. The van der Waals surface area contributed by atoms with E-state index >= 15 is 0 Å². The number of nitrogens with one attached hydrogen (secondary N) is 1. The summed E-state index contributed by atoms with van der Waals surface area (Å²) in [5.74, 6) is -0.442. The minimum Gasteiger partial charge on any atom is -0.348 e. The maximum absolute atomic E-state index is 12.1. The van der Waals surface area contributed by atoms with Crippen LogP contribution in [0.5, 0.6) is 0 Å². The van der Waals surface area contributed by atoms with Crippen molar-refractivity contribution >= 4 is 31.7 Å². The standard InChI is InChI=1S/C11H22BrNO3S/c1-6-11(7-2,8-12)13-9(14)10(3,4)17(5,15)16/h6-8H2,1-5H3,(H,13,14). The summed E-state index contributed by atoms with van der Waals surface area (Å²) in [7, 11) is -3.43. The van der Waals surface area contributed by atoms with Gasteiger partial charge in [0.15, 0.2) is 9.84 Å². The highest BCUT2D eigenvalue weighted by atomic mass is 79.9. The van der Waals surface area contributed by atoms with Crippen molar-refractivity contribution in [3.63, 3.8) is 0 Å². The average Bonchev–Trinajstić information content (AvgIpc) is 2.24. The molecule has 0 aliphatic rings. The van der Waals surface area contributed by atoms with E-state index in [0.717, 1.165) is 19.1 Å². The Bertz CT molecular complexity index is 364. The first-order valence-corrected chi connectivity index (χ1v) is 8.65. The molecule has 17 heavy (non-hydrogen) atoms. The van der Waals surface area contributed by atoms with Gasteiger partial charge in [0.2, 0.25) is 5.91 Å². The van der Waals surface area contributed by atoms with Crippen molar-refractivity contribution in [2.45, 2.75) is 50.8 Å². The van der Waals surface area contributed by atoms with Gasteiger partial charge in [-0.15, -0.1) is 0 Å². The number of carbonyl (C=O) groups excluding carboxylic acids is 1. The van der Waals surface area contributed by atoms with E-state index in [1.165, 1.54) is 13.8 Å². The maximum atomic E-state index is 12.1. The fraction of sp³-hybridized carbons (Fsp3) is 0.909. The number of alkyl halides is 1. The molecule has 4 nitrogen and oxygen atoms in total. The first-order chi connectivity index (χ1) is 7.56. The van der Waals surface area contributed by atoms with Crippen molar-refractivity contribution in [2.24, 2.45) is 0 Å². The molecule has 102 valence electrons. The summed E-state index contributed by atoms with van der Waals surface area (Å²) in [5, 5.41) is 3.47. The Balaban J connectivity index is 5.11. The van der Waals surface area contributed by atoms with Gasteiger partial charge < -0.3 is 5.32 Å². The number of halogens is 1. The van der Waals surface area contributed by atoms with Crippen LogP contribution in [0, 0.1) is 0 Å². The average molecular weight is 328 g/mol. The third-order valence-electron chi connectivity index (χ3n) is 3.46. The predicted molar refractivity (Wildman–Crippen MR) is 74.2 cm³/mol. The maximum Gasteiger partial charge on any atom is 0.241 e. The van der Waals surface area contributed by atoms with E-state index in [4.69, 9.17) is 0 Å². The van der Waals surface area contributed by atoms with E-state index in [1.807, 2.05) is 13.8 Å². The summed E-state index contributed by atoms with van der Waals surface area (Å²) in [6.45, 7) is 6.81. The lowest BCUT2D eigenvalue weighted by atomic mass is 9.94. The van der Waals surface area contributed by atoms with Gasteiger partial charge in [0.05, 0.1) is 0 Å².